The lowest BCUT2D eigenvalue weighted by atomic mass is 9.59. The van der Waals surface area contributed by atoms with Crippen molar-refractivity contribution in [3.05, 3.63) is 0 Å². The number of piperidine rings is 1. The topological polar surface area (TPSA) is 113 Å². The van der Waals surface area contributed by atoms with E-state index < -0.39 is 41.3 Å². The van der Waals surface area contributed by atoms with Crippen molar-refractivity contribution in [2.45, 2.75) is 33.2 Å². The number of carbonyl (C=O) groups excluding carboxylic acids is 1. The summed E-state index contributed by atoms with van der Waals surface area (Å²) in [6.07, 6.45) is -1.40. The van der Waals surface area contributed by atoms with Crippen LogP contribution in [-0.4, -0.2) is 66.1 Å². The van der Waals surface area contributed by atoms with Gasteiger partial charge >= 0.3 is 12.1 Å². The van der Waals surface area contributed by atoms with E-state index in [1.54, 1.807) is 20.8 Å². The monoisotopic (exact) mass is 317 g/mol. The quantitative estimate of drug-likeness (QED) is 0.442. The number of carboxylic acid groups (broad SMARTS) is 2. The van der Waals surface area contributed by atoms with Crippen molar-refractivity contribution < 1.29 is 34.1 Å². The van der Waals surface area contributed by atoms with E-state index in [1.165, 1.54) is 7.11 Å². The van der Waals surface area contributed by atoms with Gasteiger partial charge in [-0.25, -0.2) is 4.79 Å². The minimum absolute atomic E-state index is 0.0292. The average Bonchev–Trinajstić information content (AvgIpc) is 2.38. The zero-order valence-corrected chi connectivity index (χ0v) is 13.3. The lowest BCUT2D eigenvalue weighted by Gasteiger charge is -2.48. The first-order valence-electron chi connectivity index (χ1n) is 6.91. The van der Waals surface area contributed by atoms with Gasteiger partial charge in [0.2, 0.25) is 0 Å². The molecular formula is C14H23NO7. The Morgan fingerprint density at radius 1 is 1.36 bits per heavy atom. The lowest BCUT2D eigenvalue weighted by molar-refractivity contribution is -0.171. The van der Waals surface area contributed by atoms with Crippen LogP contribution < -0.4 is 0 Å². The predicted octanol–water partition coefficient (Wildman–Crippen LogP) is 1.05. The van der Waals surface area contributed by atoms with Crippen LogP contribution >= 0.6 is 0 Å². The Hall–Kier alpha value is -1.67. The van der Waals surface area contributed by atoms with Crippen molar-refractivity contribution in [3.63, 3.8) is 0 Å². The predicted molar refractivity (Wildman–Crippen MR) is 75.5 cm³/mol. The molecule has 1 aliphatic rings. The maximum atomic E-state index is 12.4. The van der Waals surface area contributed by atoms with Gasteiger partial charge in [-0.15, -0.1) is 0 Å². The number of ketones is 1. The molecule has 1 amide bonds. The molecule has 0 aromatic carbocycles. The number of likely N-dealkylation sites (tertiary alicyclic amines) is 1. The molecule has 0 aromatic heterocycles. The van der Waals surface area contributed by atoms with Crippen LogP contribution in [0.4, 0.5) is 4.79 Å². The van der Waals surface area contributed by atoms with Gasteiger partial charge in [-0.05, 0) is 11.8 Å². The van der Waals surface area contributed by atoms with Crippen LogP contribution in [0, 0.1) is 10.8 Å². The Morgan fingerprint density at radius 2 is 1.95 bits per heavy atom. The van der Waals surface area contributed by atoms with Gasteiger partial charge in [-0.1, -0.05) is 20.8 Å². The summed E-state index contributed by atoms with van der Waals surface area (Å²) in [7, 11) is 1.43. The molecule has 2 atom stereocenters. The van der Waals surface area contributed by atoms with Gasteiger partial charge in [-0.2, -0.15) is 0 Å². The third kappa shape index (κ3) is 3.22. The number of carbonyl (C=O) groups is 3. The number of Topliss-reactive ketones (excluding diaryl/α,β-unsaturated/α-hetero) is 1. The van der Waals surface area contributed by atoms with Crippen LogP contribution in [0.15, 0.2) is 0 Å². The molecule has 126 valence electrons. The third-order valence-corrected chi connectivity index (χ3v) is 4.18. The normalized spacial score (nSPS) is 26.1. The summed E-state index contributed by atoms with van der Waals surface area (Å²) in [6, 6.07) is -0.722. The number of hydrogen-bond donors (Lipinski definition) is 2. The fraction of sp³-hybridized carbons (Fsp3) is 0.786. The van der Waals surface area contributed by atoms with Crippen molar-refractivity contribution in [1.82, 2.24) is 4.90 Å². The Balaban J connectivity index is 3.15. The summed E-state index contributed by atoms with van der Waals surface area (Å²) in [5.41, 5.74) is -2.49. The summed E-state index contributed by atoms with van der Waals surface area (Å²) >= 11 is 0. The number of amides is 1. The SMILES string of the molecule is COCOC[C@H]1CC(C(=O)O)(C(C)(C)C)C(=O)CN1C(=O)O. The van der Waals surface area contributed by atoms with Crippen molar-refractivity contribution in [1.29, 1.82) is 0 Å². The molecule has 1 unspecified atom stereocenters. The standard InChI is InChI=1S/C14H23NO7/c1-13(2,3)14(11(17)18)5-9(7-22-8-21-4)15(12(19)20)6-10(14)16/h9H,5-8H2,1-4H3,(H,17,18)(H,19,20)/t9-,14?/m1/s1. The largest absolute Gasteiger partial charge is 0.480 e. The van der Waals surface area contributed by atoms with Crippen LogP contribution in [-0.2, 0) is 19.1 Å². The maximum absolute atomic E-state index is 12.4. The van der Waals surface area contributed by atoms with Crippen LogP contribution in [0.25, 0.3) is 0 Å². The maximum Gasteiger partial charge on any atom is 0.408 e. The molecule has 1 saturated heterocycles. The van der Waals surface area contributed by atoms with Gasteiger partial charge in [0.15, 0.2) is 5.78 Å². The van der Waals surface area contributed by atoms with Gasteiger partial charge in [0.1, 0.15) is 12.2 Å². The first kappa shape index (κ1) is 18.4. The van der Waals surface area contributed by atoms with Crippen molar-refractivity contribution >= 4 is 17.8 Å². The molecule has 0 aliphatic carbocycles. The molecule has 0 aromatic rings. The highest BCUT2D eigenvalue weighted by molar-refractivity contribution is 6.06. The van der Waals surface area contributed by atoms with Gasteiger partial charge in [0.25, 0.3) is 0 Å². The number of rotatable bonds is 5. The van der Waals surface area contributed by atoms with E-state index in [1.807, 2.05) is 0 Å². The summed E-state index contributed by atoms with van der Waals surface area (Å²) in [4.78, 5) is 36.5. The highest BCUT2D eigenvalue weighted by atomic mass is 16.7. The molecule has 0 spiro atoms. The number of ether oxygens (including phenoxy) is 2. The van der Waals surface area contributed by atoms with Gasteiger partial charge in [0, 0.05) is 7.11 Å². The van der Waals surface area contributed by atoms with Crippen molar-refractivity contribution in [2.24, 2.45) is 10.8 Å². The molecule has 1 aliphatic heterocycles. The van der Waals surface area contributed by atoms with Gasteiger partial charge < -0.3 is 19.7 Å². The molecule has 8 heteroatoms. The smallest absolute Gasteiger partial charge is 0.408 e. The zero-order valence-electron chi connectivity index (χ0n) is 13.3. The number of methoxy groups -OCH3 is 1. The Kier molecular flexibility index (Phi) is 5.53. The molecule has 1 rings (SSSR count). The van der Waals surface area contributed by atoms with E-state index in [-0.39, 0.29) is 19.8 Å². The first-order valence-corrected chi connectivity index (χ1v) is 6.91. The fourth-order valence-corrected chi connectivity index (χ4v) is 2.89. The summed E-state index contributed by atoms with van der Waals surface area (Å²) < 4.78 is 9.94. The van der Waals surface area contributed by atoms with Crippen molar-refractivity contribution in [3.8, 4) is 0 Å². The molecule has 0 radical (unpaired) electrons. The third-order valence-electron chi connectivity index (χ3n) is 4.18. The minimum Gasteiger partial charge on any atom is -0.480 e. The number of carboxylic acids is 1. The molecule has 8 nitrogen and oxygen atoms in total. The van der Waals surface area contributed by atoms with Crippen molar-refractivity contribution in [2.75, 3.05) is 27.1 Å². The average molecular weight is 317 g/mol. The van der Waals surface area contributed by atoms with E-state index in [0.717, 1.165) is 4.90 Å². The highest BCUT2D eigenvalue weighted by Crippen LogP contribution is 2.47. The number of nitrogens with zero attached hydrogens (tertiary/aromatic N) is 1. The molecular weight excluding hydrogens is 294 g/mol. The fourth-order valence-electron chi connectivity index (χ4n) is 2.89. The molecule has 1 fully saturated rings. The molecule has 22 heavy (non-hydrogen) atoms. The van der Waals surface area contributed by atoms with E-state index >= 15 is 0 Å². The summed E-state index contributed by atoms with van der Waals surface area (Å²) in [6.45, 7) is 4.49. The Labute approximate surface area is 129 Å². The summed E-state index contributed by atoms with van der Waals surface area (Å²) in [5.74, 6) is -1.83. The second kappa shape index (κ2) is 6.62. The van der Waals surface area contributed by atoms with Crippen LogP contribution in [0.5, 0.6) is 0 Å². The Bertz CT molecular complexity index is 457. The van der Waals surface area contributed by atoms with E-state index in [4.69, 9.17) is 9.47 Å². The van der Waals surface area contributed by atoms with Gasteiger partial charge in [-0.3, -0.25) is 14.5 Å². The first-order chi connectivity index (χ1) is 10.1. The lowest BCUT2D eigenvalue weighted by Crippen LogP contribution is -2.63. The minimum atomic E-state index is -1.64. The molecule has 0 saturated carbocycles. The molecule has 1 heterocycles. The van der Waals surface area contributed by atoms with E-state index in [9.17, 15) is 24.6 Å². The van der Waals surface area contributed by atoms with Crippen LogP contribution in [0.3, 0.4) is 0 Å². The number of aliphatic carboxylic acids is 1. The number of hydrogen-bond acceptors (Lipinski definition) is 5. The van der Waals surface area contributed by atoms with E-state index in [2.05, 4.69) is 0 Å². The Morgan fingerprint density at radius 3 is 2.36 bits per heavy atom. The zero-order chi connectivity index (χ0) is 17.1. The molecule has 2 N–H and O–H groups in total. The van der Waals surface area contributed by atoms with Gasteiger partial charge in [0.05, 0.1) is 19.2 Å². The molecule has 0 bridgehead atoms. The highest BCUT2D eigenvalue weighted by Gasteiger charge is 2.59. The van der Waals surface area contributed by atoms with E-state index in [0.29, 0.717) is 0 Å². The second-order valence-corrected chi connectivity index (χ2v) is 6.43. The summed E-state index contributed by atoms with van der Waals surface area (Å²) in [5, 5.41) is 18.9. The second-order valence-electron chi connectivity index (χ2n) is 6.43. The van der Waals surface area contributed by atoms with Crippen LogP contribution in [0.1, 0.15) is 27.2 Å². The van der Waals surface area contributed by atoms with Crippen LogP contribution in [0.2, 0.25) is 0 Å².